The Hall–Kier alpha value is -4.25. The minimum absolute atomic E-state index is 0.0683. The number of rotatable bonds is 9. The standard InChI is InChI=1S/C35H38N2O3/c1-25(2)28-15-19-30(20-16-28)37(23-26-13-17-29(18-14-26)36(3)4)35(38)32-21-22-39-34-31(32)11-8-12-33(34)40-24-27-9-6-5-7-10-27/h5-20,25,32H,21-24H2,1-4H3. The topological polar surface area (TPSA) is 42.0 Å². The molecule has 0 fully saturated rings. The van der Waals surface area contributed by atoms with Gasteiger partial charge in [-0.05, 0) is 59.4 Å². The third-order valence-electron chi connectivity index (χ3n) is 7.50. The highest BCUT2D eigenvalue weighted by atomic mass is 16.5. The summed E-state index contributed by atoms with van der Waals surface area (Å²) in [6, 6.07) is 32.7. The number of benzene rings is 4. The van der Waals surface area contributed by atoms with Crippen LogP contribution in [0.15, 0.2) is 97.1 Å². The molecule has 5 heteroatoms. The maximum Gasteiger partial charge on any atom is 0.235 e. The Labute approximate surface area is 238 Å². The van der Waals surface area contributed by atoms with Crippen LogP contribution in [0.1, 0.15) is 54.4 Å². The highest BCUT2D eigenvalue weighted by molar-refractivity contribution is 5.98. The fourth-order valence-electron chi connectivity index (χ4n) is 5.11. The summed E-state index contributed by atoms with van der Waals surface area (Å²) in [6.45, 7) is 5.76. The van der Waals surface area contributed by atoms with Crippen molar-refractivity contribution in [3.05, 3.63) is 119 Å². The number of anilines is 2. The lowest BCUT2D eigenvalue weighted by Gasteiger charge is -2.32. The minimum Gasteiger partial charge on any atom is -0.489 e. The maximum absolute atomic E-state index is 14.4. The number of amides is 1. The predicted octanol–water partition coefficient (Wildman–Crippen LogP) is 7.55. The van der Waals surface area contributed by atoms with Gasteiger partial charge >= 0.3 is 0 Å². The molecule has 1 atom stereocenters. The minimum atomic E-state index is -0.324. The van der Waals surface area contributed by atoms with Crippen molar-refractivity contribution >= 4 is 17.3 Å². The summed E-state index contributed by atoms with van der Waals surface area (Å²) in [5, 5.41) is 0. The highest BCUT2D eigenvalue weighted by Gasteiger charge is 2.33. The Morgan fingerprint density at radius 2 is 1.55 bits per heavy atom. The number of carbonyl (C=O) groups excluding carboxylic acids is 1. The van der Waals surface area contributed by atoms with Gasteiger partial charge in [0.05, 0.1) is 19.1 Å². The molecule has 4 aromatic carbocycles. The maximum atomic E-state index is 14.4. The summed E-state index contributed by atoms with van der Waals surface area (Å²) < 4.78 is 12.3. The van der Waals surface area contributed by atoms with Crippen molar-refractivity contribution in [2.75, 3.05) is 30.5 Å². The highest BCUT2D eigenvalue weighted by Crippen LogP contribution is 2.42. The Kier molecular flexibility index (Phi) is 8.40. The van der Waals surface area contributed by atoms with E-state index in [1.807, 2.05) is 67.5 Å². The molecule has 40 heavy (non-hydrogen) atoms. The summed E-state index contributed by atoms with van der Waals surface area (Å²) in [4.78, 5) is 18.4. The molecule has 1 aliphatic rings. The average molecular weight is 535 g/mol. The molecule has 0 radical (unpaired) electrons. The number of carbonyl (C=O) groups is 1. The van der Waals surface area contributed by atoms with E-state index in [0.717, 1.165) is 28.1 Å². The van der Waals surface area contributed by atoms with E-state index in [9.17, 15) is 4.79 Å². The molecule has 1 heterocycles. The average Bonchev–Trinajstić information content (AvgIpc) is 2.99. The fourth-order valence-corrected chi connectivity index (χ4v) is 5.11. The first-order valence-electron chi connectivity index (χ1n) is 14.0. The van der Waals surface area contributed by atoms with Gasteiger partial charge < -0.3 is 19.3 Å². The van der Waals surface area contributed by atoms with E-state index in [2.05, 4.69) is 67.3 Å². The van der Waals surface area contributed by atoms with Crippen LogP contribution in [0, 0.1) is 0 Å². The second-order valence-corrected chi connectivity index (χ2v) is 10.9. The first-order chi connectivity index (χ1) is 19.4. The lowest BCUT2D eigenvalue weighted by Crippen LogP contribution is -2.37. The van der Waals surface area contributed by atoms with Crippen LogP contribution in [0.5, 0.6) is 11.5 Å². The van der Waals surface area contributed by atoms with Gasteiger partial charge in [0, 0.05) is 31.0 Å². The largest absolute Gasteiger partial charge is 0.489 e. The molecule has 5 nitrogen and oxygen atoms in total. The molecule has 206 valence electrons. The molecule has 0 saturated heterocycles. The second kappa shape index (κ2) is 12.3. The van der Waals surface area contributed by atoms with Crippen molar-refractivity contribution in [3.8, 4) is 11.5 Å². The van der Waals surface area contributed by atoms with Crippen LogP contribution in [0.3, 0.4) is 0 Å². The van der Waals surface area contributed by atoms with Crippen LogP contribution in [-0.2, 0) is 17.9 Å². The molecule has 0 spiro atoms. The summed E-state index contributed by atoms with van der Waals surface area (Å²) >= 11 is 0. The molecular formula is C35H38N2O3. The molecule has 5 rings (SSSR count). The van der Waals surface area contributed by atoms with E-state index in [1.54, 1.807) is 0 Å². The Balaban J connectivity index is 1.44. The number of hydrogen-bond donors (Lipinski definition) is 0. The van der Waals surface area contributed by atoms with Crippen LogP contribution >= 0.6 is 0 Å². The monoisotopic (exact) mass is 534 g/mol. The first-order valence-corrected chi connectivity index (χ1v) is 14.0. The normalized spacial score (nSPS) is 14.3. The molecule has 4 aromatic rings. The van der Waals surface area contributed by atoms with E-state index in [0.29, 0.717) is 43.6 Å². The first kappa shape index (κ1) is 27.3. The molecule has 0 aromatic heterocycles. The summed E-state index contributed by atoms with van der Waals surface area (Å²) in [5.41, 5.74) is 6.33. The number of ether oxygens (including phenoxy) is 2. The van der Waals surface area contributed by atoms with Crippen molar-refractivity contribution in [2.45, 2.75) is 45.3 Å². The molecule has 0 saturated carbocycles. The van der Waals surface area contributed by atoms with E-state index in [1.165, 1.54) is 5.56 Å². The van der Waals surface area contributed by atoms with Crippen LogP contribution < -0.4 is 19.3 Å². The van der Waals surface area contributed by atoms with Crippen LogP contribution in [0.25, 0.3) is 0 Å². The van der Waals surface area contributed by atoms with Gasteiger partial charge in [-0.15, -0.1) is 0 Å². The quantitative estimate of drug-likeness (QED) is 0.222. The van der Waals surface area contributed by atoms with Gasteiger partial charge in [0.15, 0.2) is 11.5 Å². The smallest absolute Gasteiger partial charge is 0.235 e. The van der Waals surface area contributed by atoms with Crippen LogP contribution in [-0.4, -0.2) is 26.6 Å². The van der Waals surface area contributed by atoms with Gasteiger partial charge in [-0.2, -0.15) is 0 Å². The SMILES string of the molecule is CC(C)c1ccc(N(Cc2ccc(N(C)C)cc2)C(=O)C2CCOc3c(OCc4ccccc4)cccc32)cc1. The van der Waals surface area contributed by atoms with Crippen LogP contribution in [0.2, 0.25) is 0 Å². The van der Waals surface area contributed by atoms with Crippen molar-refractivity contribution in [1.82, 2.24) is 0 Å². The van der Waals surface area contributed by atoms with E-state index in [4.69, 9.17) is 9.47 Å². The summed E-state index contributed by atoms with van der Waals surface area (Å²) in [7, 11) is 4.06. The zero-order valence-electron chi connectivity index (χ0n) is 23.8. The predicted molar refractivity (Wildman–Crippen MR) is 163 cm³/mol. The molecule has 1 amide bonds. The van der Waals surface area contributed by atoms with Gasteiger partial charge in [0.2, 0.25) is 5.91 Å². The molecule has 0 aliphatic carbocycles. The van der Waals surface area contributed by atoms with Crippen molar-refractivity contribution in [2.24, 2.45) is 0 Å². The number of hydrogen-bond acceptors (Lipinski definition) is 4. The number of para-hydroxylation sites is 1. The van der Waals surface area contributed by atoms with Crippen molar-refractivity contribution in [1.29, 1.82) is 0 Å². The van der Waals surface area contributed by atoms with E-state index < -0.39 is 0 Å². The third kappa shape index (κ3) is 6.15. The third-order valence-corrected chi connectivity index (χ3v) is 7.50. The number of nitrogens with zero attached hydrogens (tertiary/aromatic N) is 2. The molecule has 1 aliphatic heterocycles. The summed E-state index contributed by atoms with van der Waals surface area (Å²) in [5.74, 6) is 1.52. The molecule has 0 N–H and O–H groups in total. The van der Waals surface area contributed by atoms with Gasteiger partial charge in [0.1, 0.15) is 6.61 Å². The Morgan fingerprint density at radius 1 is 0.850 bits per heavy atom. The molecular weight excluding hydrogens is 496 g/mol. The van der Waals surface area contributed by atoms with Crippen molar-refractivity contribution < 1.29 is 14.3 Å². The van der Waals surface area contributed by atoms with Crippen molar-refractivity contribution in [3.63, 3.8) is 0 Å². The lowest BCUT2D eigenvalue weighted by molar-refractivity contribution is -0.120. The zero-order valence-corrected chi connectivity index (χ0v) is 23.8. The second-order valence-electron chi connectivity index (χ2n) is 10.9. The van der Waals surface area contributed by atoms with E-state index >= 15 is 0 Å². The van der Waals surface area contributed by atoms with Gasteiger partial charge in [-0.25, -0.2) is 0 Å². The Bertz CT molecular complexity index is 1410. The molecule has 1 unspecified atom stereocenters. The zero-order chi connectivity index (χ0) is 28.1. The van der Waals surface area contributed by atoms with Gasteiger partial charge in [-0.3, -0.25) is 4.79 Å². The fraction of sp³-hybridized carbons (Fsp3) is 0.286. The van der Waals surface area contributed by atoms with Gasteiger partial charge in [0.25, 0.3) is 0 Å². The summed E-state index contributed by atoms with van der Waals surface area (Å²) in [6.07, 6.45) is 0.619. The van der Waals surface area contributed by atoms with Crippen LogP contribution in [0.4, 0.5) is 11.4 Å². The Morgan fingerprint density at radius 3 is 2.23 bits per heavy atom. The number of fused-ring (bicyclic) bond motifs is 1. The van der Waals surface area contributed by atoms with Gasteiger partial charge in [-0.1, -0.05) is 80.6 Å². The lowest BCUT2D eigenvalue weighted by atomic mass is 9.91. The van der Waals surface area contributed by atoms with E-state index in [-0.39, 0.29) is 11.8 Å². The molecule has 0 bridgehead atoms.